The fraction of sp³-hybridized carbons (Fsp3) is 0.647. The number of benzene rings is 1. The molecule has 0 aromatic heterocycles. The minimum absolute atomic E-state index is 0.284. The second-order valence-electron chi connectivity index (χ2n) is 6.27. The van der Waals surface area contributed by atoms with Crippen LogP contribution in [0.25, 0.3) is 0 Å². The number of hydrogen-bond acceptors (Lipinski definition) is 3. The molecule has 1 saturated carbocycles. The second-order valence-corrected chi connectivity index (χ2v) is 6.27. The largest absolute Gasteiger partial charge is 0.490 e. The molecule has 1 aromatic carbocycles. The van der Waals surface area contributed by atoms with Crippen molar-refractivity contribution in [2.45, 2.75) is 57.5 Å². The maximum atomic E-state index is 5.89. The summed E-state index contributed by atoms with van der Waals surface area (Å²) in [5.74, 6) is 1.84. The highest BCUT2D eigenvalue weighted by molar-refractivity contribution is 5.47. The number of hydrogen-bond donors (Lipinski definition) is 1. The van der Waals surface area contributed by atoms with Crippen LogP contribution in [0.4, 0.5) is 0 Å². The minimum atomic E-state index is 0.284. The average Bonchev–Trinajstić information content (AvgIpc) is 2.71. The van der Waals surface area contributed by atoms with Crippen molar-refractivity contribution in [1.29, 1.82) is 0 Å². The Morgan fingerprint density at radius 1 is 1.05 bits per heavy atom. The van der Waals surface area contributed by atoms with Gasteiger partial charge >= 0.3 is 0 Å². The van der Waals surface area contributed by atoms with Crippen LogP contribution in [0, 0.1) is 0 Å². The Bertz CT molecular complexity index is 452. The van der Waals surface area contributed by atoms with Gasteiger partial charge in [0.05, 0.1) is 13.2 Å². The van der Waals surface area contributed by atoms with Crippen molar-refractivity contribution in [3.8, 4) is 11.5 Å². The number of rotatable bonds is 3. The lowest BCUT2D eigenvalue weighted by molar-refractivity contribution is 0.250. The third-order valence-corrected chi connectivity index (χ3v) is 4.52. The SMILES string of the molecule is CC1(NCc2cccc3c2OCCCO3)CCCCC1. The number of para-hydroxylation sites is 1. The van der Waals surface area contributed by atoms with E-state index in [1.165, 1.54) is 37.7 Å². The van der Waals surface area contributed by atoms with E-state index in [2.05, 4.69) is 24.4 Å². The van der Waals surface area contributed by atoms with Gasteiger partial charge in [-0.25, -0.2) is 0 Å². The fourth-order valence-corrected chi connectivity index (χ4v) is 3.21. The molecule has 1 fully saturated rings. The molecule has 0 amide bonds. The van der Waals surface area contributed by atoms with Crippen LogP contribution in [0.2, 0.25) is 0 Å². The first kappa shape index (κ1) is 13.7. The lowest BCUT2D eigenvalue weighted by Crippen LogP contribution is -2.43. The maximum Gasteiger partial charge on any atom is 0.165 e. The molecule has 3 rings (SSSR count). The standard InChI is InChI=1S/C17H25NO2/c1-17(9-3-2-4-10-17)18-13-14-7-5-8-15-16(14)20-12-6-11-19-15/h5,7-8,18H,2-4,6,9-13H2,1H3. The molecule has 1 aromatic rings. The predicted molar refractivity (Wildman–Crippen MR) is 80.4 cm³/mol. The summed E-state index contributed by atoms with van der Waals surface area (Å²) in [4.78, 5) is 0. The second kappa shape index (κ2) is 6.04. The van der Waals surface area contributed by atoms with Gasteiger partial charge in [0.25, 0.3) is 0 Å². The number of fused-ring (bicyclic) bond motifs is 1. The fourth-order valence-electron chi connectivity index (χ4n) is 3.21. The predicted octanol–water partition coefficient (Wildman–Crippen LogP) is 3.66. The zero-order valence-electron chi connectivity index (χ0n) is 12.4. The lowest BCUT2D eigenvalue weighted by atomic mass is 9.83. The van der Waals surface area contributed by atoms with Crippen molar-refractivity contribution in [1.82, 2.24) is 5.32 Å². The van der Waals surface area contributed by atoms with E-state index in [-0.39, 0.29) is 5.54 Å². The molecule has 1 aliphatic carbocycles. The van der Waals surface area contributed by atoms with Crippen LogP contribution in [0.5, 0.6) is 11.5 Å². The van der Waals surface area contributed by atoms with E-state index < -0.39 is 0 Å². The van der Waals surface area contributed by atoms with Gasteiger partial charge in [0.2, 0.25) is 0 Å². The van der Waals surface area contributed by atoms with E-state index in [4.69, 9.17) is 9.47 Å². The van der Waals surface area contributed by atoms with Gasteiger partial charge in [0, 0.05) is 24.1 Å². The molecular formula is C17H25NO2. The molecule has 0 saturated heterocycles. The van der Waals surface area contributed by atoms with Crippen molar-refractivity contribution >= 4 is 0 Å². The highest BCUT2D eigenvalue weighted by Gasteiger charge is 2.26. The van der Waals surface area contributed by atoms with Crippen molar-refractivity contribution in [3.63, 3.8) is 0 Å². The van der Waals surface area contributed by atoms with Crippen LogP contribution in [-0.2, 0) is 6.54 Å². The Morgan fingerprint density at radius 3 is 2.70 bits per heavy atom. The Labute approximate surface area is 121 Å². The molecule has 1 heterocycles. The zero-order chi connectivity index (χ0) is 13.8. The summed E-state index contributed by atoms with van der Waals surface area (Å²) in [5.41, 5.74) is 1.50. The Kier molecular flexibility index (Phi) is 4.16. The maximum absolute atomic E-state index is 5.89. The molecule has 0 unspecified atom stereocenters. The van der Waals surface area contributed by atoms with E-state index >= 15 is 0 Å². The minimum Gasteiger partial charge on any atom is -0.490 e. The normalized spacial score (nSPS) is 21.2. The first-order valence-electron chi connectivity index (χ1n) is 7.89. The number of nitrogens with one attached hydrogen (secondary N) is 1. The molecule has 20 heavy (non-hydrogen) atoms. The summed E-state index contributed by atoms with van der Waals surface area (Å²) < 4.78 is 11.6. The van der Waals surface area contributed by atoms with Gasteiger partial charge in [-0.1, -0.05) is 31.4 Å². The first-order chi connectivity index (χ1) is 9.77. The van der Waals surface area contributed by atoms with Crippen LogP contribution < -0.4 is 14.8 Å². The third kappa shape index (κ3) is 3.09. The average molecular weight is 275 g/mol. The van der Waals surface area contributed by atoms with Gasteiger partial charge < -0.3 is 14.8 Å². The quantitative estimate of drug-likeness (QED) is 0.913. The Morgan fingerprint density at radius 2 is 1.85 bits per heavy atom. The molecule has 3 nitrogen and oxygen atoms in total. The summed E-state index contributed by atoms with van der Waals surface area (Å²) in [6.45, 7) is 4.72. The van der Waals surface area contributed by atoms with Gasteiger partial charge in [-0.3, -0.25) is 0 Å². The summed E-state index contributed by atoms with van der Waals surface area (Å²) >= 11 is 0. The molecule has 1 N–H and O–H groups in total. The molecule has 1 aliphatic heterocycles. The Hall–Kier alpha value is -1.22. The van der Waals surface area contributed by atoms with E-state index in [0.717, 1.165) is 37.7 Å². The molecule has 0 atom stereocenters. The zero-order valence-corrected chi connectivity index (χ0v) is 12.4. The van der Waals surface area contributed by atoms with Gasteiger partial charge in [-0.15, -0.1) is 0 Å². The van der Waals surface area contributed by atoms with E-state index in [0.29, 0.717) is 0 Å². The topological polar surface area (TPSA) is 30.5 Å². The highest BCUT2D eigenvalue weighted by Crippen LogP contribution is 2.34. The first-order valence-corrected chi connectivity index (χ1v) is 7.89. The van der Waals surface area contributed by atoms with Crippen molar-refractivity contribution < 1.29 is 9.47 Å². The lowest BCUT2D eigenvalue weighted by Gasteiger charge is -2.35. The van der Waals surface area contributed by atoms with Gasteiger partial charge in [0.1, 0.15) is 0 Å². The van der Waals surface area contributed by atoms with Crippen LogP contribution in [-0.4, -0.2) is 18.8 Å². The summed E-state index contributed by atoms with van der Waals surface area (Å²) in [7, 11) is 0. The van der Waals surface area contributed by atoms with E-state index in [9.17, 15) is 0 Å². The van der Waals surface area contributed by atoms with Crippen LogP contribution in [0.3, 0.4) is 0 Å². The van der Waals surface area contributed by atoms with Gasteiger partial charge in [-0.2, -0.15) is 0 Å². The molecular weight excluding hydrogens is 250 g/mol. The highest BCUT2D eigenvalue weighted by atomic mass is 16.5. The molecule has 2 aliphatic rings. The molecule has 3 heteroatoms. The summed E-state index contributed by atoms with van der Waals surface area (Å²) in [6, 6.07) is 6.22. The molecule has 0 bridgehead atoms. The molecule has 110 valence electrons. The van der Waals surface area contributed by atoms with Gasteiger partial charge in [-0.05, 0) is 25.8 Å². The summed E-state index contributed by atoms with van der Waals surface area (Å²) in [6.07, 6.45) is 7.58. The Balaban J connectivity index is 1.71. The van der Waals surface area contributed by atoms with E-state index in [1.54, 1.807) is 0 Å². The van der Waals surface area contributed by atoms with Crippen LogP contribution in [0.15, 0.2) is 18.2 Å². The summed E-state index contributed by atoms with van der Waals surface area (Å²) in [5, 5.41) is 3.75. The van der Waals surface area contributed by atoms with Crippen molar-refractivity contribution in [3.05, 3.63) is 23.8 Å². The number of ether oxygens (including phenoxy) is 2. The van der Waals surface area contributed by atoms with E-state index in [1.807, 2.05) is 6.07 Å². The molecule has 0 radical (unpaired) electrons. The van der Waals surface area contributed by atoms with Crippen molar-refractivity contribution in [2.24, 2.45) is 0 Å². The molecule has 0 spiro atoms. The monoisotopic (exact) mass is 275 g/mol. The van der Waals surface area contributed by atoms with Crippen molar-refractivity contribution in [2.75, 3.05) is 13.2 Å². The van der Waals surface area contributed by atoms with Crippen LogP contribution >= 0.6 is 0 Å². The third-order valence-electron chi connectivity index (χ3n) is 4.52. The van der Waals surface area contributed by atoms with Gasteiger partial charge in [0.15, 0.2) is 11.5 Å². The smallest absolute Gasteiger partial charge is 0.165 e. The van der Waals surface area contributed by atoms with Crippen LogP contribution in [0.1, 0.15) is 51.0 Å².